The summed E-state index contributed by atoms with van der Waals surface area (Å²) in [4.78, 5) is 16.4. The topological polar surface area (TPSA) is 32.8 Å². The molecular formula is C16H20F2N2O2S. The van der Waals surface area contributed by atoms with Gasteiger partial charge in [-0.1, -0.05) is 6.07 Å². The lowest BCUT2D eigenvalue weighted by Gasteiger charge is -2.36. The van der Waals surface area contributed by atoms with Crippen molar-refractivity contribution in [3.63, 3.8) is 0 Å². The highest BCUT2D eigenvalue weighted by Gasteiger charge is 2.30. The SMILES string of the molecule is O=C(C1CN(Cc2ccc(F)c(F)c2)CCO1)N1CCSCC1. The molecule has 1 unspecified atom stereocenters. The third kappa shape index (κ3) is 4.22. The second kappa shape index (κ2) is 7.59. The van der Waals surface area contributed by atoms with Crippen LogP contribution in [0.5, 0.6) is 0 Å². The van der Waals surface area contributed by atoms with Crippen molar-refractivity contribution in [3.05, 3.63) is 35.4 Å². The van der Waals surface area contributed by atoms with Crippen LogP contribution in [0.15, 0.2) is 18.2 Å². The standard InChI is InChI=1S/C16H20F2N2O2S/c17-13-2-1-12(9-14(13)18)10-19-3-6-22-15(11-19)16(21)20-4-7-23-8-5-20/h1-2,9,15H,3-8,10-11H2. The number of benzene rings is 1. The van der Waals surface area contributed by atoms with E-state index in [1.165, 1.54) is 6.07 Å². The molecular weight excluding hydrogens is 322 g/mol. The first-order valence-corrected chi connectivity index (χ1v) is 8.93. The minimum absolute atomic E-state index is 0.0419. The van der Waals surface area contributed by atoms with Crippen LogP contribution in [-0.2, 0) is 16.1 Å². The zero-order valence-electron chi connectivity index (χ0n) is 12.8. The molecule has 2 fully saturated rings. The molecule has 0 radical (unpaired) electrons. The van der Waals surface area contributed by atoms with Gasteiger partial charge in [0.2, 0.25) is 0 Å². The van der Waals surface area contributed by atoms with Gasteiger partial charge < -0.3 is 9.64 Å². The Kier molecular flexibility index (Phi) is 5.50. The summed E-state index contributed by atoms with van der Waals surface area (Å²) >= 11 is 1.86. The Morgan fingerprint density at radius 1 is 1.22 bits per heavy atom. The first-order valence-electron chi connectivity index (χ1n) is 7.78. The Balaban J connectivity index is 1.59. The Bertz CT molecular complexity index is 567. The van der Waals surface area contributed by atoms with Gasteiger partial charge in [0.1, 0.15) is 6.10 Å². The number of hydrogen-bond acceptors (Lipinski definition) is 4. The van der Waals surface area contributed by atoms with E-state index in [2.05, 4.69) is 4.90 Å². The van der Waals surface area contributed by atoms with Crippen molar-refractivity contribution in [3.8, 4) is 0 Å². The molecule has 0 saturated carbocycles. The van der Waals surface area contributed by atoms with Crippen molar-refractivity contribution in [1.82, 2.24) is 9.80 Å². The monoisotopic (exact) mass is 342 g/mol. The highest BCUT2D eigenvalue weighted by atomic mass is 32.2. The van der Waals surface area contributed by atoms with Crippen molar-refractivity contribution < 1.29 is 18.3 Å². The van der Waals surface area contributed by atoms with Crippen LogP contribution in [-0.4, -0.2) is 66.1 Å². The molecule has 1 amide bonds. The van der Waals surface area contributed by atoms with Crippen LogP contribution in [0.2, 0.25) is 0 Å². The van der Waals surface area contributed by atoms with E-state index in [9.17, 15) is 13.6 Å². The number of carbonyl (C=O) groups excluding carboxylic acids is 1. The molecule has 1 aromatic carbocycles. The number of ether oxygens (including phenoxy) is 1. The maximum atomic E-state index is 13.3. The summed E-state index contributed by atoms with van der Waals surface area (Å²) in [6.45, 7) is 3.67. The molecule has 1 atom stereocenters. The number of thioether (sulfide) groups is 1. The van der Waals surface area contributed by atoms with Crippen LogP contribution < -0.4 is 0 Å². The fourth-order valence-corrected chi connectivity index (χ4v) is 3.78. The Hall–Kier alpha value is -1.18. The minimum Gasteiger partial charge on any atom is -0.366 e. The van der Waals surface area contributed by atoms with Gasteiger partial charge in [-0.2, -0.15) is 11.8 Å². The number of halogens is 2. The first-order chi connectivity index (χ1) is 11.1. The number of morpholine rings is 1. The molecule has 2 saturated heterocycles. The zero-order valence-corrected chi connectivity index (χ0v) is 13.7. The average Bonchev–Trinajstić information content (AvgIpc) is 2.58. The van der Waals surface area contributed by atoms with Crippen LogP contribution >= 0.6 is 11.8 Å². The molecule has 2 aliphatic heterocycles. The Labute approximate surface area is 138 Å². The predicted molar refractivity (Wildman–Crippen MR) is 85.3 cm³/mol. The molecule has 0 aliphatic carbocycles. The molecule has 2 heterocycles. The lowest BCUT2D eigenvalue weighted by molar-refractivity contribution is -0.149. The largest absolute Gasteiger partial charge is 0.366 e. The summed E-state index contributed by atoms with van der Waals surface area (Å²) < 4.78 is 31.9. The van der Waals surface area contributed by atoms with E-state index < -0.39 is 17.7 Å². The van der Waals surface area contributed by atoms with Gasteiger partial charge in [0.25, 0.3) is 5.91 Å². The molecule has 7 heteroatoms. The number of amides is 1. The van der Waals surface area contributed by atoms with Crippen LogP contribution in [0.1, 0.15) is 5.56 Å². The van der Waals surface area contributed by atoms with Crippen LogP contribution in [0.3, 0.4) is 0 Å². The number of nitrogens with zero attached hydrogens (tertiary/aromatic N) is 2. The second-order valence-electron chi connectivity index (χ2n) is 5.78. The minimum atomic E-state index is -0.841. The molecule has 0 spiro atoms. The van der Waals surface area contributed by atoms with Crippen molar-refractivity contribution in [2.24, 2.45) is 0 Å². The number of carbonyl (C=O) groups is 1. The molecule has 0 aromatic heterocycles. The summed E-state index contributed by atoms with van der Waals surface area (Å²) in [6, 6.07) is 3.93. The first kappa shape index (κ1) is 16.7. The third-order valence-corrected chi connectivity index (χ3v) is 5.08. The molecule has 126 valence electrons. The summed E-state index contributed by atoms with van der Waals surface area (Å²) in [5, 5.41) is 0. The molecule has 4 nitrogen and oxygen atoms in total. The van der Waals surface area contributed by atoms with Gasteiger partial charge >= 0.3 is 0 Å². The number of rotatable bonds is 3. The maximum absolute atomic E-state index is 13.3. The predicted octanol–water partition coefficient (Wildman–Crippen LogP) is 1.74. The lowest BCUT2D eigenvalue weighted by Crippen LogP contribution is -2.52. The lowest BCUT2D eigenvalue weighted by atomic mass is 10.1. The second-order valence-corrected chi connectivity index (χ2v) is 7.01. The molecule has 2 aliphatic rings. The molecule has 0 N–H and O–H groups in total. The van der Waals surface area contributed by atoms with E-state index in [-0.39, 0.29) is 5.91 Å². The van der Waals surface area contributed by atoms with Crippen molar-refractivity contribution in [2.45, 2.75) is 12.6 Å². The quantitative estimate of drug-likeness (QED) is 0.838. The molecule has 23 heavy (non-hydrogen) atoms. The smallest absolute Gasteiger partial charge is 0.253 e. The van der Waals surface area contributed by atoms with Crippen molar-refractivity contribution >= 4 is 17.7 Å². The van der Waals surface area contributed by atoms with E-state index >= 15 is 0 Å². The number of hydrogen-bond donors (Lipinski definition) is 0. The van der Waals surface area contributed by atoms with E-state index in [0.717, 1.165) is 30.7 Å². The highest BCUT2D eigenvalue weighted by molar-refractivity contribution is 7.99. The summed E-state index contributed by atoms with van der Waals surface area (Å²) in [7, 11) is 0. The van der Waals surface area contributed by atoms with Crippen molar-refractivity contribution in [2.75, 3.05) is 44.3 Å². The van der Waals surface area contributed by atoms with E-state index in [4.69, 9.17) is 4.74 Å². The van der Waals surface area contributed by atoms with Gasteiger partial charge in [0, 0.05) is 44.2 Å². The Morgan fingerprint density at radius 3 is 2.74 bits per heavy atom. The summed E-state index contributed by atoms with van der Waals surface area (Å²) in [5.41, 5.74) is 0.700. The average molecular weight is 342 g/mol. The fourth-order valence-electron chi connectivity index (χ4n) is 2.88. The normalized spacial score (nSPS) is 23.0. The van der Waals surface area contributed by atoms with Crippen molar-refractivity contribution in [1.29, 1.82) is 0 Å². The zero-order chi connectivity index (χ0) is 16.2. The van der Waals surface area contributed by atoms with E-state index in [1.807, 2.05) is 16.7 Å². The summed E-state index contributed by atoms with van der Waals surface area (Å²) in [6.07, 6.45) is -0.461. The van der Waals surface area contributed by atoms with Gasteiger partial charge in [-0.25, -0.2) is 8.78 Å². The maximum Gasteiger partial charge on any atom is 0.253 e. The van der Waals surface area contributed by atoms with Gasteiger partial charge in [-0.3, -0.25) is 9.69 Å². The molecule has 3 rings (SSSR count). The van der Waals surface area contributed by atoms with E-state index in [1.54, 1.807) is 6.07 Å². The molecule has 0 bridgehead atoms. The Morgan fingerprint density at radius 2 is 2.00 bits per heavy atom. The van der Waals surface area contributed by atoms with Crippen LogP contribution in [0, 0.1) is 11.6 Å². The van der Waals surface area contributed by atoms with Gasteiger partial charge in [0.15, 0.2) is 11.6 Å². The summed E-state index contributed by atoms with van der Waals surface area (Å²) in [5.74, 6) is 0.301. The van der Waals surface area contributed by atoms with Crippen LogP contribution in [0.4, 0.5) is 8.78 Å². The van der Waals surface area contributed by atoms with Crippen LogP contribution in [0.25, 0.3) is 0 Å². The third-order valence-electron chi connectivity index (χ3n) is 4.14. The highest BCUT2D eigenvalue weighted by Crippen LogP contribution is 2.16. The van der Waals surface area contributed by atoms with Gasteiger partial charge in [0.05, 0.1) is 6.61 Å². The van der Waals surface area contributed by atoms with E-state index in [0.29, 0.717) is 31.8 Å². The molecule has 1 aromatic rings. The fraction of sp³-hybridized carbons (Fsp3) is 0.562. The van der Waals surface area contributed by atoms with Gasteiger partial charge in [-0.05, 0) is 17.7 Å². The van der Waals surface area contributed by atoms with Gasteiger partial charge in [-0.15, -0.1) is 0 Å².